The van der Waals surface area contributed by atoms with Gasteiger partial charge in [-0.3, -0.25) is 4.79 Å². The van der Waals surface area contributed by atoms with E-state index in [1.165, 1.54) is 0 Å². The van der Waals surface area contributed by atoms with E-state index in [2.05, 4.69) is 0 Å². The van der Waals surface area contributed by atoms with E-state index in [0.717, 1.165) is 5.56 Å². The minimum Gasteiger partial charge on any atom is -0.489 e. The summed E-state index contributed by atoms with van der Waals surface area (Å²) >= 11 is 11.9. The smallest absolute Gasteiger partial charge is 0.162 e. The van der Waals surface area contributed by atoms with Crippen LogP contribution in [0.1, 0.15) is 29.3 Å². The van der Waals surface area contributed by atoms with Crippen molar-refractivity contribution in [1.29, 1.82) is 0 Å². The molecule has 2 aromatic carbocycles. The molecule has 0 bridgehead atoms. The molecule has 2 aromatic rings. The Morgan fingerprint density at radius 1 is 1.10 bits per heavy atom. The molecule has 0 atom stereocenters. The number of rotatable bonds is 5. The Morgan fingerprint density at radius 3 is 2.40 bits per heavy atom. The number of halogens is 2. The van der Waals surface area contributed by atoms with Crippen molar-refractivity contribution in [2.45, 2.75) is 20.0 Å². The summed E-state index contributed by atoms with van der Waals surface area (Å²) in [7, 11) is 0. The molecule has 0 N–H and O–H groups in total. The lowest BCUT2D eigenvalue weighted by atomic mass is 10.1. The fraction of sp³-hybridized carbons (Fsp3) is 0.188. The molecule has 0 aromatic heterocycles. The topological polar surface area (TPSA) is 26.3 Å². The molecular formula is C16H14Cl2O2. The summed E-state index contributed by atoms with van der Waals surface area (Å²) in [5, 5.41) is 1.18. The molecule has 2 nitrogen and oxygen atoms in total. The summed E-state index contributed by atoms with van der Waals surface area (Å²) in [5.74, 6) is 0.820. The van der Waals surface area contributed by atoms with Gasteiger partial charge < -0.3 is 4.74 Å². The molecule has 2 rings (SSSR count). The molecule has 0 aliphatic heterocycles. The Morgan fingerprint density at radius 2 is 1.80 bits per heavy atom. The van der Waals surface area contributed by atoms with E-state index in [0.29, 0.717) is 34.4 Å². The quantitative estimate of drug-likeness (QED) is 0.713. The van der Waals surface area contributed by atoms with Gasteiger partial charge in [-0.05, 0) is 36.4 Å². The molecule has 0 radical (unpaired) electrons. The second-order valence-corrected chi connectivity index (χ2v) is 5.17. The maximum atomic E-state index is 11.5. The van der Waals surface area contributed by atoms with Gasteiger partial charge in [-0.15, -0.1) is 0 Å². The summed E-state index contributed by atoms with van der Waals surface area (Å²) in [6.45, 7) is 2.20. The van der Waals surface area contributed by atoms with E-state index in [-0.39, 0.29) is 5.78 Å². The van der Waals surface area contributed by atoms with Crippen molar-refractivity contribution in [3.05, 3.63) is 63.6 Å². The molecule has 0 aliphatic carbocycles. The van der Waals surface area contributed by atoms with Crippen molar-refractivity contribution in [1.82, 2.24) is 0 Å². The third-order valence-corrected chi connectivity index (χ3v) is 3.49. The molecule has 0 fully saturated rings. The highest BCUT2D eigenvalue weighted by atomic mass is 35.5. The summed E-state index contributed by atoms with van der Waals surface area (Å²) in [6, 6.07) is 12.4. The zero-order chi connectivity index (χ0) is 14.5. The average Bonchev–Trinajstić information content (AvgIpc) is 2.46. The zero-order valence-corrected chi connectivity index (χ0v) is 12.5. The predicted octanol–water partition coefficient (Wildman–Crippen LogP) is 5.17. The Bertz CT molecular complexity index is 606. The molecule has 104 valence electrons. The lowest BCUT2D eigenvalue weighted by Gasteiger charge is -2.08. The van der Waals surface area contributed by atoms with E-state index in [1.807, 2.05) is 13.0 Å². The average molecular weight is 309 g/mol. The van der Waals surface area contributed by atoms with Gasteiger partial charge in [0.25, 0.3) is 0 Å². The second-order valence-electron chi connectivity index (χ2n) is 4.33. The first-order valence-corrected chi connectivity index (χ1v) is 7.05. The lowest BCUT2D eigenvalue weighted by Crippen LogP contribution is -1.98. The molecule has 0 saturated carbocycles. The molecule has 4 heteroatoms. The molecular weight excluding hydrogens is 295 g/mol. The van der Waals surface area contributed by atoms with E-state index < -0.39 is 0 Å². The molecule has 0 spiro atoms. The van der Waals surface area contributed by atoms with E-state index >= 15 is 0 Å². The molecule has 0 unspecified atom stereocenters. The largest absolute Gasteiger partial charge is 0.489 e. The molecule has 0 amide bonds. The van der Waals surface area contributed by atoms with Crippen LogP contribution in [-0.2, 0) is 6.61 Å². The summed E-state index contributed by atoms with van der Waals surface area (Å²) in [4.78, 5) is 11.5. The van der Waals surface area contributed by atoms with Gasteiger partial charge in [0.2, 0.25) is 0 Å². The number of ether oxygens (including phenoxy) is 1. The Balaban J connectivity index is 2.02. The molecule has 0 aliphatic rings. The van der Waals surface area contributed by atoms with Crippen LogP contribution in [0.2, 0.25) is 10.0 Å². The number of benzene rings is 2. The maximum Gasteiger partial charge on any atom is 0.162 e. The number of carbonyl (C=O) groups excluding carboxylic acids is 1. The van der Waals surface area contributed by atoms with Crippen LogP contribution in [0.5, 0.6) is 5.75 Å². The number of hydrogen-bond acceptors (Lipinski definition) is 2. The number of ketones is 1. The monoisotopic (exact) mass is 308 g/mol. The summed E-state index contributed by atoms with van der Waals surface area (Å²) in [5.41, 5.74) is 1.56. The van der Waals surface area contributed by atoms with Crippen LogP contribution in [0, 0.1) is 0 Å². The lowest BCUT2D eigenvalue weighted by molar-refractivity contribution is 0.0988. The van der Waals surface area contributed by atoms with Crippen LogP contribution in [0.25, 0.3) is 0 Å². The Labute approximate surface area is 128 Å². The molecule has 0 saturated heterocycles. The zero-order valence-electron chi connectivity index (χ0n) is 11.0. The van der Waals surface area contributed by atoms with Gasteiger partial charge in [0.15, 0.2) is 5.78 Å². The highest BCUT2D eigenvalue weighted by Crippen LogP contribution is 2.23. The standard InChI is InChI=1S/C16H14Cl2O2/c1-2-16(19)11-4-7-14(8-5-11)20-10-12-3-6-13(17)9-15(12)18/h3-9H,2,10H2,1H3. The van der Waals surface area contributed by atoms with Crippen molar-refractivity contribution in [3.63, 3.8) is 0 Å². The summed E-state index contributed by atoms with van der Waals surface area (Å²) < 4.78 is 5.64. The van der Waals surface area contributed by atoms with Gasteiger partial charge in [-0.2, -0.15) is 0 Å². The van der Waals surface area contributed by atoms with Gasteiger partial charge in [0.1, 0.15) is 12.4 Å². The van der Waals surface area contributed by atoms with Crippen LogP contribution < -0.4 is 4.74 Å². The minimum atomic E-state index is 0.122. The van der Waals surface area contributed by atoms with Gasteiger partial charge in [0.05, 0.1) is 0 Å². The van der Waals surface area contributed by atoms with Crippen LogP contribution >= 0.6 is 23.2 Å². The normalized spacial score (nSPS) is 10.3. The van der Waals surface area contributed by atoms with Gasteiger partial charge in [-0.25, -0.2) is 0 Å². The van der Waals surface area contributed by atoms with E-state index in [1.54, 1.807) is 36.4 Å². The van der Waals surface area contributed by atoms with Crippen LogP contribution in [0.15, 0.2) is 42.5 Å². The maximum absolute atomic E-state index is 11.5. The first-order valence-electron chi connectivity index (χ1n) is 6.30. The second kappa shape index (κ2) is 6.78. The van der Waals surface area contributed by atoms with E-state index in [4.69, 9.17) is 27.9 Å². The fourth-order valence-corrected chi connectivity index (χ4v) is 2.20. The predicted molar refractivity (Wildman–Crippen MR) is 81.9 cm³/mol. The SMILES string of the molecule is CCC(=O)c1ccc(OCc2ccc(Cl)cc2Cl)cc1. The van der Waals surface area contributed by atoms with Crippen molar-refractivity contribution in [2.75, 3.05) is 0 Å². The third-order valence-electron chi connectivity index (χ3n) is 2.91. The Kier molecular flexibility index (Phi) is 5.05. The first kappa shape index (κ1) is 14.9. The van der Waals surface area contributed by atoms with Crippen molar-refractivity contribution in [3.8, 4) is 5.75 Å². The van der Waals surface area contributed by atoms with Crippen LogP contribution in [0.3, 0.4) is 0 Å². The van der Waals surface area contributed by atoms with Crippen molar-refractivity contribution in [2.24, 2.45) is 0 Å². The van der Waals surface area contributed by atoms with Gasteiger partial charge in [-0.1, -0.05) is 36.2 Å². The number of Topliss-reactive ketones (excluding diaryl/α,β-unsaturated/α-hetero) is 1. The van der Waals surface area contributed by atoms with Crippen molar-refractivity contribution >= 4 is 29.0 Å². The summed E-state index contributed by atoms with van der Waals surface area (Å²) in [6.07, 6.45) is 0.501. The van der Waals surface area contributed by atoms with Crippen molar-refractivity contribution < 1.29 is 9.53 Å². The fourth-order valence-electron chi connectivity index (χ4n) is 1.74. The van der Waals surface area contributed by atoms with Gasteiger partial charge >= 0.3 is 0 Å². The minimum absolute atomic E-state index is 0.122. The van der Waals surface area contributed by atoms with Crippen LogP contribution in [0.4, 0.5) is 0 Å². The Hall–Kier alpha value is -1.51. The number of carbonyl (C=O) groups is 1. The van der Waals surface area contributed by atoms with Crippen LogP contribution in [-0.4, -0.2) is 5.78 Å². The van der Waals surface area contributed by atoms with Gasteiger partial charge in [0, 0.05) is 27.6 Å². The highest BCUT2D eigenvalue weighted by molar-refractivity contribution is 6.35. The number of hydrogen-bond donors (Lipinski definition) is 0. The van der Waals surface area contributed by atoms with E-state index in [9.17, 15) is 4.79 Å². The molecule has 0 heterocycles. The molecule has 20 heavy (non-hydrogen) atoms. The third kappa shape index (κ3) is 3.75. The highest BCUT2D eigenvalue weighted by Gasteiger charge is 2.05. The first-order chi connectivity index (χ1) is 9.60.